The van der Waals surface area contributed by atoms with Gasteiger partial charge in [0.1, 0.15) is 12.3 Å². The molecule has 1 aliphatic heterocycles. The maximum absolute atomic E-state index is 13.4. The van der Waals surface area contributed by atoms with Crippen LogP contribution in [0, 0.1) is 0 Å². The summed E-state index contributed by atoms with van der Waals surface area (Å²) in [5.74, 6) is 1.22. The largest absolute Gasteiger partial charge is 0.497 e. The molecule has 172 valence electrons. The van der Waals surface area contributed by atoms with Crippen molar-refractivity contribution in [3.8, 4) is 17.2 Å². The quantitative estimate of drug-likeness (QED) is 0.568. The highest BCUT2D eigenvalue weighted by atomic mass is 32.2. The lowest BCUT2D eigenvalue weighted by Gasteiger charge is -2.24. The van der Waals surface area contributed by atoms with Gasteiger partial charge in [-0.3, -0.25) is 9.10 Å². The molecule has 1 aliphatic rings. The molecule has 1 amide bonds. The second kappa shape index (κ2) is 9.83. The van der Waals surface area contributed by atoms with Gasteiger partial charge in [-0.2, -0.15) is 0 Å². The van der Waals surface area contributed by atoms with E-state index in [1.54, 1.807) is 60.7 Å². The highest BCUT2D eigenvalue weighted by Crippen LogP contribution is 2.32. The standard InChI is InChI=1S/C24H24N2O6S/c1-30-20-11-9-19(10-12-20)26(33(28,29)21-6-3-2-4-7-21)17-24(27)25-18-8-13-22-23(16-18)32-15-5-14-31-22/h2-4,6-13,16H,5,14-15,17H2,1H3,(H,25,27). The summed E-state index contributed by atoms with van der Waals surface area (Å²) in [5, 5.41) is 2.75. The molecule has 0 unspecified atom stereocenters. The third-order valence-electron chi connectivity index (χ3n) is 5.01. The predicted octanol–water partition coefficient (Wildman–Crippen LogP) is 3.69. The number of hydrogen-bond donors (Lipinski definition) is 1. The first kappa shape index (κ1) is 22.5. The molecule has 1 N–H and O–H groups in total. The summed E-state index contributed by atoms with van der Waals surface area (Å²) in [6.45, 7) is 0.663. The number of anilines is 2. The number of rotatable bonds is 7. The van der Waals surface area contributed by atoms with Crippen LogP contribution < -0.4 is 23.8 Å². The lowest BCUT2D eigenvalue weighted by Crippen LogP contribution is -2.38. The molecule has 3 aromatic rings. The Morgan fingerprint density at radius 3 is 2.36 bits per heavy atom. The highest BCUT2D eigenvalue weighted by Gasteiger charge is 2.27. The molecule has 9 heteroatoms. The first-order valence-electron chi connectivity index (χ1n) is 10.4. The molecule has 0 spiro atoms. The van der Waals surface area contributed by atoms with E-state index < -0.39 is 22.5 Å². The summed E-state index contributed by atoms with van der Waals surface area (Å²) in [4.78, 5) is 13.0. The molecule has 0 atom stereocenters. The maximum atomic E-state index is 13.4. The molecule has 8 nitrogen and oxygen atoms in total. The molecule has 33 heavy (non-hydrogen) atoms. The molecule has 0 saturated heterocycles. The minimum Gasteiger partial charge on any atom is -0.497 e. The summed E-state index contributed by atoms with van der Waals surface area (Å²) >= 11 is 0. The van der Waals surface area contributed by atoms with Crippen molar-refractivity contribution in [1.82, 2.24) is 0 Å². The molecule has 1 heterocycles. The highest BCUT2D eigenvalue weighted by molar-refractivity contribution is 7.92. The average Bonchev–Trinajstić information content (AvgIpc) is 3.08. The van der Waals surface area contributed by atoms with E-state index in [9.17, 15) is 13.2 Å². The van der Waals surface area contributed by atoms with E-state index >= 15 is 0 Å². The molecule has 0 aromatic heterocycles. The van der Waals surface area contributed by atoms with Crippen molar-refractivity contribution in [3.63, 3.8) is 0 Å². The normalized spacial score (nSPS) is 13.0. The topological polar surface area (TPSA) is 94.2 Å². The van der Waals surface area contributed by atoms with E-state index in [1.807, 2.05) is 0 Å². The Hall–Kier alpha value is -3.72. The fraction of sp³-hybridized carbons (Fsp3) is 0.208. The molecule has 0 saturated carbocycles. The van der Waals surface area contributed by atoms with Gasteiger partial charge in [0.2, 0.25) is 5.91 Å². The van der Waals surface area contributed by atoms with Crippen LogP contribution in [0.2, 0.25) is 0 Å². The number of methoxy groups -OCH3 is 1. The van der Waals surface area contributed by atoms with Gasteiger partial charge in [0.15, 0.2) is 11.5 Å². The van der Waals surface area contributed by atoms with E-state index in [2.05, 4.69) is 5.32 Å². The molecular weight excluding hydrogens is 444 g/mol. The smallest absolute Gasteiger partial charge is 0.264 e. The monoisotopic (exact) mass is 468 g/mol. The number of fused-ring (bicyclic) bond motifs is 1. The van der Waals surface area contributed by atoms with Crippen LogP contribution in [-0.4, -0.2) is 41.2 Å². The predicted molar refractivity (Wildman–Crippen MR) is 125 cm³/mol. The lowest BCUT2D eigenvalue weighted by atomic mass is 10.2. The second-order valence-corrected chi connectivity index (χ2v) is 9.15. The maximum Gasteiger partial charge on any atom is 0.264 e. The fourth-order valence-corrected chi connectivity index (χ4v) is 4.80. The number of ether oxygens (including phenoxy) is 3. The number of amides is 1. The third-order valence-corrected chi connectivity index (χ3v) is 6.80. The summed E-state index contributed by atoms with van der Waals surface area (Å²) in [7, 11) is -2.47. The molecular formula is C24H24N2O6S. The number of carbonyl (C=O) groups excluding carboxylic acids is 1. The van der Waals surface area contributed by atoms with Crippen molar-refractivity contribution in [2.24, 2.45) is 0 Å². The number of sulfonamides is 1. The Labute approximate surface area is 192 Å². The van der Waals surface area contributed by atoms with Crippen molar-refractivity contribution < 1.29 is 27.4 Å². The van der Waals surface area contributed by atoms with Crippen molar-refractivity contribution in [1.29, 1.82) is 0 Å². The van der Waals surface area contributed by atoms with Gasteiger partial charge >= 0.3 is 0 Å². The summed E-state index contributed by atoms with van der Waals surface area (Å²) < 4.78 is 44.3. The lowest BCUT2D eigenvalue weighted by molar-refractivity contribution is -0.114. The summed E-state index contributed by atoms with van der Waals surface area (Å²) in [6.07, 6.45) is 0.768. The Kier molecular flexibility index (Phi) is 6.69. The Balaban J connectivity index is 1.59. The first-order valence-corrected chi connectivity index (χ1v) is 11.8. The molecule has 0 fully saturated rings. The molecule has 0 bridgehead atoms. The zero-order chi connectivity index (χ0) is 23.3. The Bertz CT molecular complexity index is 1210. The van der Waals surface area contributed by atoms with E-state index in [0.717, 1.165) is 10.7 Å². The zero-order valence-corrected chi connectivity index (χ0v) is 18.9. The SMILES string of the molecule is COc1ccc(N(CC(=O)Nc2ccc3c(c2)OCCCO3)S(=O)(=O)c2ccccc2)cc1. The van der Waals surface area contributed by atoms with Crippen molar-refractivity contribution >= 4 is 27.3 Å². The van der Waals surface area contributed by atoms with E-state index in [4.69, 9.17) is 14.2 Å². The number of hydrogen-bond acceptors (Lipinski definition) is 6. The van der Waals surface area contributed by atoms with Crippen LogP contribution in [0.25, 0.3) is 0 Å². The number of benzene rings is 3. The molecule has 0 aliphatic carbocycles. The van der Waals surface area contributed by atoms with Crippen LogP contribution in [0.5, 0.6) is 17.2 Å². The summed E-state index contributed by atoms with van der Waals surface area (Å²) in [5.41, 5.74) is 0.824. The molecule has 0 radical (unpaired) electrons. The molecule has 3 aromatic carbocycles. The first-order chi connectivity index (χ1) is 16.0. The van der Waals surface area contributed by atoms with Crippen LogP contribution >= 0.6 is 0 Å². The molecule has 4 rings (SSSR count). The van der Waals surface area contributed by atoms with Crippen LogP contribution in [0.15, 0.2) is 77.7 Å². The summed E-state index contributed by atoms with van der Waals surface area (Å²) in [6, 6.07) is 19.5. The number of nitrogens with zero attached hydrogens (tertiary/aromatic N) is 1. The van der Waals surface area contributed by atoms with Gasteiger partial charge in [-0.25, -0.2) is 8.42 Å². The van der Waals surface area contributed by atoms with Gasteiger partial charge in [0, 0.05) is 18.2 Å². The van der Waals surface area contributed by atoms with Crippen LogP contribution in [0.1, 0.15) is 6.42 Å². The van der Waals surface area contributed by atoms with Crippen molar-refractivity contribution in [3.05, 3.63) is 72.8 Å². The minimum absolute atomic E-state index is 0.0872. The van der Waals surface area contributed by atoms with Gasteiger partial charge in [0.05, 0.1) is 30.9 Å². The van der Waals surface area contributed by atoms with Gasteiger partial charge < -0.3 is 19.5 Å². The fourth-order valence-electron chi connectivity index (χ4n) is 3.36. The van der Waals surface area contributed by atoms with Crippen LogP contribution in [0.3, 0.4) is 0 Å². The second-order valence-electron chi connectivity index (χ2n) is 7.28. The number of nitrogens with one attached hydrogen (secondary N) is 1. The van der Waals surface area contributed by atoms with Crippen LogP contribution in [-0.2, 0) is 14.8 Å². The van der Waals surface area contributed by atoms with Crippen LogP contribution in [0.4, 0.5) is 11.4 Å². The van der Waals surface area contributed by atoms with Gasteiger partial charge in [0.25, 0.3) is 10.0 Å². The van der Waals surface area contributed by atoms with E-state index in [1.165, 1.54) is 19.2 Å². The van der Waals surface area contributed by atoms with Gasteiger partial charge in [-0.15, -0.1) is 0 Å². The van der Waals surface area contributed by atoms with Crippen molar-refractivity contribution in [2.45, 2.75) is 11.3 Å². The van der Waals surface area contributed by atoms with E-state index in [0.29, 0.717) is 41.8 Å². The van der Waals surface area contributed by atoms with Gasteiger partial charge in [-0.05, 0) is 48.5 Å². The number of carbonyl (C=O) groups is 1. The van der Waals surface area contributed by atoms with E-state index in [-0.39, 0.29) is 4.90 Å². The average molecular weight is 469 g/mol. The van der Waals surface area contributed by atoms with Gasteiger partial charge in [-0.1, -0.05) is 18.2 Å². The zero-order valence-electron chi connectivity index (χ0n) is 18.1. The third kappa shape index (κ3) is 5.20. The Morgan fingerprint density at radius 1 is 0.970 bits per heavy atom. The van der Waals surface area contributed by atoms with Crippen molar-refractivity contribution in [2.75, 3.05) is 36.5 Å². The Morgan fingerprint density at radius 2 is 1.67 bits per heavy atom. The minimum atomic E-state index is -3.99.